The molecule has 0 saturated heterocycles. The SMILES string of the molecule is NC(=O)C[C@H](NC(=O)c1ccnc(F)c1)C(=O)O. The summed E-state index contributed by atoms with van der Waals surface area (Å²) in [7, 11) is 0. The highest BCUT2D eigenvalue weighted by Crippen LogP contribution is 2.02. The minimum atomic E-state index is -1.45. The molecule has 1 atom stereocenters. The molecule has 0 unspecified atom stereocenters. The number of hydrogen-bond donors (Lipinski definition) is 3. The van der Waals surface area contributed by atoms with Crippen LogP contribution in [0, 0.1) is 5.95 Å². The van der Waals surface area contributed by atoms with E-state index in [4.69, 9.17) is 10.8 Å². The van der Waals surface area contributed by atoms with E-state index in [-0.39, 0.29) is 5.56 Å². The molecule has 0 aliphatic rings. The zero-order valence-electron chi connectivity index (χ0n) is 9.09. The number of rotatable bonds is 5. The number of carboxylic acid groups (broad SMARTS) is 1. The van der Waals surface area contributed by atoms with Crippen LogP contribution in [0.2, 0.25) is 0 Å². The molecule has 18 heavy (non-hydrogen) atoms. The van der Waals surface area contributed by atoms with Crippen LogP contribution in [0.5, 0.6) is 0 Å². The zero-order valence-corrected chi connectivity index (χ0v) is 9.09. The Bertz CT molecular complexity index is 492. The largest absolute Gasteiger partial charge is 0.480 e. The summed E-state index contributed by atoms with van der Waals surface area (Å²) in [6, 6.07) is 0.603. The fourth-order valence-electron chi connectivity index (χ4n) is 1.19. The summed E-state index contributed by atoms with van der Waals surface area (Å²) in [5.74, 6) is -3.98. The van der Waals surface area contributed by atoms with E-state index in [2.05, 4.69) is 10.3 Å². The molecular formula is C10H10FN3O4. The Morgan fingerprint density at radius 2 is 2.17 bits per heavy atom. The van der Waals surface area contributed by atoms with Crippen LogP contribution in [0.15, 0.2) is 18.3 Å². The van der Waals surface area contributed by atoms with Gasteiger partial charge in [0.1, 0.15) is 6.04 Å². The number of carbonyl (C=O) groups excluding carboxylic acids is 2. The van der Waals surface area contributed by atoms with Crippen molar-refractivity contribution in [3.8, 4) is 0 Å². The maximum absolute atomic E-state index is 12.8. The van der Waals surface area contributed by atoms with E-state index >= 15 is 0 Å². The van der Waals surface area contributed by atoms with E-state index in [1.54, 1.807) is 0 Å². The maximum Gasteiger partial charge on any atom is 0.326 e. The van der Waals surface area contributed by atoms with E-state index in [1.165, 1.54) is 6.07 Å². The molecule has 0 aliphatic carbocycles. The fourth-order valence-corrected chi connectivity index (χ4v) is 1.19. The van der Waals surface area contributed by atoms with E-state index in [0.717, 1.165) is 12.3 Å². The first-order valence-corrected chi connectivity index (χ1v) is 4.83. The second-order valence-electron chi connectivity index (χ2n) is 3.40. The Kier molecular flexibility index (Phi) is 4.30. The molecule has 96 valence electrons. The van der Waals surface area contributed by atoms with E-state index in [9.17, 15) is 18.8 Å². The molecule has 0 fully saturated rings. The van der Waals surface area contributed by atoms with Gasteiger partial charge in [0.15, 0.2) is 0 Å². The van der Waals surface area contributed by atoms with Gasteiger partial charge in [-0.1, -0.05) is 0 Å². The summed E-state index contributed by atoms with van der Waals surface area (Å²) in [5, 5.41) is 10.8. The molecule has 0 saturated carbocycles. The Morgan fingerprint density at radius 1 is 1.50 bits per heavy atom. The number of primary amides is 1. The lowest BCUT2D eigenvalue weighted by Gasteiger charge is -2.12. The second kappa shape index (κ2) is 5.71. The predicted octanol–water partition coefficient (Wildman–Crippen LogP) is -0.721. The van der Waals surface area contributed by atoms with Crippen molar-refractivity contribution in [1.29, 1.82) is 0 Å². The fraction of sp³-hybridized carbons (Fsp3) is 0.200. The number of pyridine rings is 1. The van der Waals surface area contributed by atoms with Gasteiger partial charge in [-0.2, -0.15) is 4.39 Å². The monoisotopic (exact) mass is 255 g/mol. The summed E-state index contributed by atoms with van der Waals surface area (Å²) in [6.45, 7) is 0. The number of aromatic nitrogens is 1. The van der Waals surface area contributed by atoms with Gasteiger partial charge in [-0.25, -0.2) is 9.78 Å². The van der Waals surface area contributed by atoms with Gasteiger partial charge in [-0.3, -0.25) is 9.59 Å². The number of nitrogens with two attached hydrogens (primary N) is 1. The lowest BCUT2D eigenvalue weighted by molar-refractivity contribution is -0.140. The van der Waals surface area contributed by atoms with Crippen LogP contribution in [0.4, 0.5) is 4.39 Å². The van der Waals surface area contributed by atoms with Crippen molar-refractivity contribution >= 4 is 17.8 Å². The first-order valence-electron chi connectivity index (χ1n) is 4.83. The number of halogens is 1. The number of carboxylic acids is 1. The van der Waals surface area contributed by atoms with Crippen molar-refractivity contribution < 1.29 is 23.9 Å². The highest BCUT2D eigenvalue weighted by Gasteiger charge is 2.22. The molecule has 1 aromatic heterocycles. The maximum atomic E-state index is 12.8. The predicted molar refractivity (Wildman–Crippen MR) is 56.9 cm³/mol. The van der Waals surface area contributed by atoms with Crippen molar-refractivity contribution in [3.05, 3.63) is 29.8 Å². The van der Waals surface area contributed by atoms with Gasteiger partial charge in [-0.15, -0.1) is 0 Å². The van der Waals surface area contributed by atoms with Gasteiger partial charge in [0, 0.05) is 17.8 Å². The van der Waals surface area contributed by atoms with Crippen LogP contribution >= 0.6 is 0 Å². The van der Waals surface area contributed by atoms with E-state index in [0.29, 0.717) is 0 Å². The van der Waals surface area contributed by atoms with Gasteiger partial charge < -0.3 is 16.2 Å². The molecule has 1 aromatic rings. The molecule has 0 aromatic carbocycles. The van der Waals surface area contributed by atoms with Gasteiger partial charge in [0.2, 0.25) is 11.9 Å². The van der Waals surface area contributed by atoms with Crippen LogP contribution in [-0.2, 0) is 9.59 Å². The molecule has 0 radical (unpaired) electrons. The normalized spacial score (nSPS) is 11.6. The minimum Gasteiger partial charge on any atom is -0.480 e. The average molecular weight is 255 g/mol. The molecule has 1 heterocycles. The summed E-state index contributed by atoms with van der Waals surface area (Å²) in [4.78, 5) is 36.2. The van der Waals surface area contributed by atoms with Gasteiger partial charge in [0.05, 0.1) is 6.42 Å². The highest BCUT2D eigenvalue weighted by atomic mass is 19.1. The lowest BCUT2D eigenvalue weighted by atomic mass is 10.1. The molecular weight excluding hydrogens is 245 g/mol. The second-order valence-corrected chi connectivity index (χ2v) is 3.40. The molecule has 4 N–H and O–H groups in total. The van der Waals surface area contributed by atoms with Gasteiger partial charge >= 0.3 is 5.97 Å². The number of hydrogen-bond acceptors (Lipinski definition) is 4. The van der Waals surface area contributed by atoms with Crippen LogP contribution in [-0.4, -0.2) is 33.9 Å². The van der Waals surface area contributed by atoms with E-state index in [1.807, 2.05) is 0 Å². The number of nitrogens with one attached hydrogen (secondary N) is 1. The van der Waals surface area contributed by atoms with Crippen molar-refractivity contribution in [2.24, 2.45) is 5.73 Å². The van der Waals surface area contributed by atoms with Gasteiger partial charge in [-0.05, 0) is 6.07 Å². The molecule has 8 heteroatoms. The first-order chi connectivity index (χ1) is 8.40. The van der Waals surface area contributed by atoms with Crippen LogP contribution in [0.3, 0.4) is 0 Å². The number of carbonyl (C=O) groups is 3. The van der Waals surface area contributed by atoms with Crippen LogP contribution in [0.1, 0.15) is 16.8 Å². The third-order valence-electron chi connectivity index (χ3n) is 2.00. The van der Waals surface area contributed by atoms with E-state index < -0.39 is 36.2 Å². The average Bonchev–Trinajstić information content (AvgIpc) is 2.27. The van der Waals surface area contributed by atoms with Crippen molar-refractivity contribution in [1.82, 2.24) is 10.3 Å². The Morgan fingerprint density at radius 3 is 2.67 bits per heavy atom. The Hall–Kier alpha value is -2.51. The molecule has 0 aliphatic heterocycles. The summed E-state index contributed by atoms with van der Waals surface area (Å²) in [6.07, 6.45) is 0.517. The molecule has 0 spiro atoms. The summed E-state index contributed by atoms with van der Waals surface area (Å²) < 4.78 is 12.8. The first kappa shape index (κ1) is 13.6. The molecule has 0 bridgehead atoms. The Balaban J connectivity index is 2.78. The third-order valence-corrected chi connectivity index (χ3v) is 2.00. The standard InChI is InChI=1S/C10H10FN3O4/c11-7-3-5(1-2-13-7)9(16)14-6(10(17)18)4-8(12)15/h1-3,6H,4H2,(H2,12,15)(H,14,16)(H,17,18)/t6-/m0/s1. The quantitative estimate of drug-likeness (QED) is 0.599. The summed E-state index contributed by atoms with van der Waals surface area (Å²) in [5.41, 5.74) is 4.75. The van der Waals surface area contributed by atoms with Gasteiger partial charge in [0.25, 0.3) is 5.91 Å². The lowest BCUT2D eigenvalue weighted by Crippen LogP contribution is -2.43. The topological polar surface area (TPSA) is 122 Å². The molecule has 2 amide bonds. The smallest absolute Gasteiger partial charge is 0.326 e. The van der Waals surface area contributed by atoms with Crippen LogP contribution in [0.25, 0.3) is 0 Å². The van der Waals surface area contributed by atoms with Crippen LogP contribution < -0.4 is 11.1 Å². The molecule has 7 nitrogen and oxygen atoms in total. The third kappa shape index (κ3) is 3.81. The highest BCUT2D eigenvalue weighted by molar-refractivity contribution is 5.97. The number of nitrogens with zero attached hydrogens (tertiary/aromatic N) is 1. The molecule has 1 rings (SSSR count). The Labute approximate surface area is 101 Å². The van der Waals surface area contributed by atoms with Crippen molar-refractivity contribution in [3.63, 3.8) is 0 Å². The minimum absolute atomic E-state index is 0.0989. The zero-order chi connectivity index (χ0) is 13.7. The number of amides is 2. The van der Waals surface area contributed by atoms with Crippen molar-refractivity contribution in [2.45, 2.75) is 12.5 Å². The van der Waals surface area contributed by atoms with Crippen molar-refractivity contribution in [2.75, 3.05) is 0 Å². The number of aliphatic carboxylic acids is 1. The summed E-state index contributed by atoms with van der Waals surface area (Å²) >= 11 is 0.